The topological polar surface area (TPSA) is 0 Å². The average molecular weight is 277 g/mol. The molecule has 0 bridgehead atoms. The van der Waals surface area contributed by atoms with Gasteiger partial charge < -0.3 is 0 Å². The number of rotatable bonds is 10. The lowest BCUT2D eigenvalue weighted by atomic mass is 9.97. The van der Waals surface area contributed by atoms with Crippen LogP contribution in [0, 0.1) is 5.92 Å². The number of unbranched alkanes of at least 4 members (excludes halogenated alkanes) is 1. The number of allylic oxidation sites excluding steroid dienone is 6. The zero-order valence-electron chi connectivity index (χ0n) is 14.8. The van der Waals surface area contributed by atoms with E-state index in [4.69, 9.17) is 0 Å². The molecule has 20 heavy (non-hydrogen) atoms. The van der Waals surface area contributed by atoms with E-state index in [1.54, 1.807) is 5.57 Å². The van der Waals surface area contributed by atoms with Crippen molar-refractivity contribution in [2.24, 2.45) is 5.92 Å². The Hall–Kier alpha value is -0.780. The van der Waals surface area contributed by atoms with Crippen molar-refractivity contribution in [2.75, 3.05) is 0 Å². The summed E-state index contributed by atoms with van der Waals surface area (Å²) in [5.74, 6) is 0.866. The Labute approximate surface area is 128 Å². The van der Waals surface area contributed by atoms with Crippen molar-refractivity contribution in [1.82, 2.24) is 0 Å². The highest BCUT2D eigenvalue weighted by molar-refractivity contribution is 5.02. The van der Waals surface area contributed by atoms with Crippen LogP contribution in [0.5, 0.6) is 0 Å². The zero-order chi connectivity index (χ0) is 15.4. The van der Waals surface area contributed by atoms with Crippen LogP contribution in [0.3, 0.4) is 0 Å². The average Bonchev–Trinajstić information content (AvgIpc) is 2.33. The maximum Gasteiger partial charge on any atom is -0.0288 e. The van der Waals surface area contributed by atoms with Gasteiger partial charge in [-0.15, -0.1) is 0 Å². The van der Waals surface area contributed by atoms with Crippen LogP contribution in [0.25, 0.3) is 0 Å². The molecule has 0 N–H and O–H groups in total. The van der Waals surface area contributed by atoms with Gasteiger partial charge >= 0.3 is 0 Å². The molecule has 0 aliphatic heterocycles. The maximum absolute atomic E-state index is 2.45. The van der Waals surface area contributed by atoms with Crippen molar-refractivity contribution in [2.45, 2.75) is 86.5 Å². The molecular weight excluding hydrogens is 240 g/mol. The highest BCUT2D eigenvalue weighted by Gasteiger charge is 2.00. The molecule has 0 amide bonds. The molecule has 0 heteroatoms. The Bertz CT molecular complexity index is 320. The van der Waals surface area contributed by atoms with Crippen LogP contribution in [0.1, 0.15) is 86.5 Å². The van der Waals surface area contributed by atoms with Crippen molar-refractivity contribution in [3.8, 4) is 0 Å². The SMILES string of the molecule is CC(C)=CCC/C(C)=C/CCCC(C)CCC=C(C)C. The fourth-order valence-corrected chi connectivity index (χ4v) is 2.31. The minimum absolute atomic E-state index is 0.866. The zero-order valence-corrected chi connectivity index (χ0v) is 14.8. The van der Waals surface area contributed by atoms with Gasteiger partial charge in [0.05, 0.1) is 0 Å². The van der Waals surface area contributed by atoms with E-state index >= 15 is 0 Å². The second-order valence-corrected chi connectivity index (χ2v) is 6.77. The Morgan fingerprint density at radius 3 is 1.95 bits per heavy atom. The van der Waals surface area contributed by atoms with E-state index in [2.05, 4.69) is 59.8 Å². The molecule has 0 aromatic carbocycles. The van der Waals surface area contributed by atoms with E-state index in [-0.39, 0.29) is 0 Å². The van der Waals surface area contributed by atoms with E-state index in [9.17, 15) is 0 Å². The summed E-state index contributed by atoms with van der Waals surface area (Å²) >= 11 is 0. The second-order valence-electron chi connectivity index (χ2n) is 6.77. The molecule has 0 fully saturated rings. The van der Waals surface area contributed by atoms with E-state index in [0.29, 0.717) is 0 Å². The third-order valence-corrected chi connectivity index (χ3v) is 3.70. The molecule has 116 valence electrons. The van der Waals surface area contributed by atoms with Crippen molar-refractivity contribution in [3.63, 3.8) is 0 Å². The largest absolute Gasteiger partial charge is 0.0859 e. The van der Waals surface area contributed by atoms with Gasteiger partial charge in [0.2, 0.25) is 0 Å². The van der Waals surface area contributed by atoms with Gasteiger partial charge in [0, 0.05) is 0 Å². The van der Waals surface area contributed by atoms with Crippen LogP contribution in [0.2, 0.25) is 0 Å². The molecule has 0 heterocycles. The molecule has 1 atom stereocenters. The van der Waals surface area contributed by atoms with Gasteiger partial charge in [-0.25, -0.2) is 0 Å². The summed E-state index contributed by atoms with van der Waals surface area (Å²) in [6.07, 6.45) is 16.1. The van der Waals surface area contributed by atoms with Crippen LogP contribution in [0.4, 0.5) is 0 Å². The summed E-state index contributed by atoms with van der Waals surface area (Å²) in [5.41, 5.74) is 4.44. The second kappa shape index (κ2) is 12.0. The molecule has 0 radical (unpaired) electrons. The minimum Gasteiger partial charge on any atom is -0.0859 e. The highest BCUT2D eigenvalue weighted by Crippen LogP contribution is 2.16. The number of hydrogen-bond acceptors (Lipinski definition) is 0. The van der Waals surface area contributed by atoms with Crippen molar-refractivity contribution < 1.29 is 0 Å². The normalized spacial score (nSPS) is 13.0. The molecule has 0 spiro atoms. The monoisotopic (exact) mass is 276 g/mol. The molecule has 0 aliphatic carbocycles. The smallest absolute Gasteiger partial charge is 0.0288 e. The van der Waals surface area contributed by atoms with Gasteiger partial charge in [-0.3, -0.25) is 0 Å². The molecule has 0 rings (SSSR count). The van der Waals surface area contributed by atoms with E-state index in [1.165, 1.54) is 56.1 Å². The number of hydrogen-bond donors (Lipinski definition) is 0. The van der Waals surface area contributed by atoms with Crippen LogP contribution in [-0.4, -0.2) is 0 Å². The van der Waals surface area contributed by atoms with Crippen molar-refractivity contribution >= 4 is 0 Å². The van der Waals surface area contributed by atoms with Crippen LogP contribution < -0.4 is 0 Å². The molecule has 0 nitrogen and oxygen atoms in total. The van der Waals surface area contributed by atoms with Gasteiger partial charge in [-0.2, -0.15) is 0 Å². The molecular formula is C20H36. The summed E-state index contributed by atoms with van der Waals surface area (Å²) in [7, 11) is 0. The first-order valence-corrected chi connectivity index (χ1v) is 8.34. The lowest BCUT2D eigenvalue weighted by molar-refractivity contribution is 0.480. The van der Waals surface area contributed by atoms with E-state index < -0.39 is 0 Å². The van der Waals surface area contributed by atoms with Gasteiger partial charge in [0.15, 0.2) is 0 Å². The summed E-state index contributed by atoms with van der Waals surface area (Å²) in [6.45, 7) is 13.4. The Balaban J connectivity index is 3.67. The molecule has 0 aliphatic rings. The summed E-state index contributed by atoms with van der Waals surface area (Å²) in [6, 6.07) is 0. The lowest BCUT2D eigenvalue weighted by Gasteiger charge is -2.09. The van der Waals surface area contributed by atoms with Gasteiger partial charge in [0.1, 0.15) is 0 Å². The molecule has 0 saturated carbocycles. The summed E-state index contributed by atoms with van der Waals surface area (Å²) in [5, 5.41) is 0. The Morgan fingerprint density at radius 1 is 0.750 bits per heavy atom. The standard InChI is InChI=1S/C20H36/c1-17(2)11-9-15-19(5)13-7-8-14-20(6)16-10-12-18(3)4/h11-13,20H,7-10,14-16H2,1-6H3/b19-13+. The molecule has 0 saturated heterocycles. The van der Waals surface area contributed by atoms with Crippen molar-refractivity contribution in [3.05, 3.63) is 34.9 Å². The predicted molar refractivity (Wildman–Crippen MR) is 94.1 cm³/mol. The van der Waals surface area contributed by atoms with Gasteiger partial charge in [-0.05, 0) is 79.1 Å². The Kier molecular flexibility index (Phi) is 11.5. The fourth-order valence-electron chi connectivity index (χ4n) is 2.31. The van der Waals surface area contributed by atoms with Gasteiger partial charge in [0.25, 0.3) is 0 Å². The third-order valence-electron chi connectivity index (χ3n) is 3.70. The summed E-state index contributed by atoms with van der Waals surface area (Å²) in [4.78, 5) is 0. The predicted octanol–water partition coefficient (Wildman–Crippen LogP) is 7.23. The lowest BCUT2D eigenvalue weighted by Crippen LogP contribution is -1.93. The van der Waals surface area contributed by atoms with Crippen LogP contribution in [-0.2, 0) is 0 Å². The first-order chi connectivity index (χ1) is 9.41. The van der Waals surface area contributed by atoms with E-state index in [0.717, 1.165) is 5.92 Å². The molecule has 0 aromatic rings. The van der Waals surface area contributed by atoms with Crippen LogP contribution >= 0.6 is 0 Å². The van der Waals surface area contributed by atoms with Crippen molar-refractivity contribution in [1.29, 1.82) is 0 Å². The minimum atomic E-state index is 0.866. The highest BCUT2D eigenvalue weighted by atomic mass is 14.1. The third kappa shape index (κ3) is 13.6. The fraction of sp³-hybridized carbons (Fsp3) is 0.700. The van der Waals surface area contributed by atoms with E-state index in [1.807, 2.05) is 0 Å². The molecule has 1 unspecified atom stereocenters. The Morgan fingerprint density at radius 2 is 1.35 bits per heavy atom. The maximum atomic E-state index is 2.45. The van der Waals surface area contributed by atoms with Crippen LogP contribution in [0.15, 0.2) is 34.9 Å². The summed E-state index contributed by atoms with van der Waals surface area (Å²) < 4.78 is 0. The van der Waals surface area contributed by atoms with Gasteiger partial charge in [-0.1, -0.05) is 48.3 Å². The first-order valence-electron chi connectivity index (χ1n) is 8.34. The first kappa shape index (κ1) is 19.2. The quantitative estimate of drug-likeness (QED) is 0.291. The molecule has 0 aromatic heterocycles.